The largest absolute Gasteiger partial charge is 0.483 e. The summed E-state index contributed by atoms with van der Waals surface area (Å²) in [6.45, 7) is 3.85. The van der Waals surface area contributed by atoms with Crippen molar-refractivity contribution >= 4 is 56.2 Å². The van der Waals surface area contributed by atoms with Crippen molar-refractivity contribution in [2.24, 2.45) is 5.10 Å². The van der Waals surface area contributed by atoms with Crippen LogP contribution in [-0.2, 0) is 11.2 Å². The SMILES string of the molecule is CCCCc1nc2ccc(Br)cc2c(=O)n1N=Cc1cc(Cl)ccc1OCC(=O)Nc1ccc(C)cc1. The minimum Gasteiger partial charge on any atom is -0.483 e. The number of nitrogens with one attached hydrogen (secondary N) is 1. The summed E-state index contributed by atoms with van der Waals surface area (Å²) in [5.74, 6) is 0.677. The molecule has 4 rings (SSSR count). The van der Waals surface area contributed by atoms with E-state index in [0.717, 1.165) is 22.9 Å². The van der Waals surface area contributed by atoms with Gasteiger partial charge >= 0.3 is 0 Å². The molecule has 4 aromatic rings. The zero-order valence-corrected chi connectivity index (χ0v) is 22.8. The second kappa shape index (κ2) is 12.2. The second-order valence-electron chi connectivity index (χ2n) is 8.54. The molecule has 7 nitrogen and oxygen atoms in total. The zero-order valence-electron chi connectivity index (χ0n) is 20.5. The fraction of sp³-hybridized carbons (Fsp3) is 0.214. The number of hydrogen-bond donors (Lipinski definition) is 1. The molecule has 0 aliphatic rings. The number of aromatic nitrogens is 2. The second-order valence-corrected chi connectivity index (χ2v) is 9.89. The summed E-state index contributed by atoms with van der Waals surface area (Å²) in [6, 6.07) is 17.9. The Kier molecular flexibility index (Phi) is 8.74. The molecular formula is C28H26BrClN4O3. The van der Waals surface area contributed by atoms with Crippen molar-refractivity contribution in [2.45, 2.75) is 33.1 Å². The molecule has 1 aromatic heterocycles. The standard InChI is InChI=1S/C28H26BrClN4O3/c1-3-4-5-26-33-24-12-8-20(29)15-23(24)28(36)34(26)31-16-19-14-21(30)9-13-25(19)37-17-27(35)32-22-10-6-18(2)7-11-22/h6-16H,3-5,17H2,1-2H3,(H,32,35). The van der Waals surface area contributed by atoms with Gasteiger partial charge in [-0.1, -0.05) is 58.6 Å². The minimum absolute atomic E-state index is 0.205. The molecular weight excluding hydrogens is 556 g/mol. The van der Waals surface area contributed by atoms with E-state index in [1.807, 2.05) is 43.3 Å². The molecule has 3 aromatic carbocycles. The van der Waals surface area contributed by atoms with Gasteiger partial charge in [0.25, 0.3) is 11.5 Å². The van der Waals surface area contributed by atoms with Gasteiger partial charge in [-0.05, 0) is 61.9 Å². The zero-order chi connectivity index (χ0) is 26.4. The lowest BCUT2D eigenvalue weighted by molar-refractivity contribution is -0.118. The van der Waals surface area contributed by atoms with Crippen LogP contribution in [0.25, 0.3) is 10.9 Å². The van der Waals surface area contributed by atoms with Crippen molar-refractivity contribution in [2.75, 3.05) is 11.9 Å². The lowest BCUT2D eigenvalue weighted by atomic mass is 10.2. The normalized spacial score (nSPS) is 11.2. The number of carbonyl (C=O) groups excluding carboxylic acids is 1. The molecule has 1 heterocycles. The number of ether oxygens (including phenoxy) is 1. The highest BCUT2D eigenvalue weighted by Crippen LogP contribution is 2.22. The van der Waals surface area contributed by atoms with Crippen LogP contribution in [0.1, 0.15) is 36.7 Å². The van der Waals surface area contributed by atoms with E-state index in [9.17, 15) is 9.59 Å². The van der Waals surface area contributed by atoms with Crippen LogP contribution in [0.5, 0.6) is 5.75 Å². The number of aryl methyl sites for hydroxylation is 2. The Balaban J connectivity index is 1.60. The van der Waals surface area contributed by atoms with E-state index in [-0.39, 0.29) is 18.1 Å². The van der Waals surface area contributed by atoms with Crippen LogP contribution in [0, 0.1) is 6.92 Å². The molecule has 0 fully saturated rings. The summed E-state index contributed by atoms with van der Waals surface area (Å²) in [5, 5.41) is 8.21. The van der Waals surface area contributed by atoms with Crippen LogP contribution >= 0.6 is 27.5 Å². The Labute approximate surface area is 228 Å². The molecule has 0 unspecified atom stereocenters. The maximum atomic E-state index is 13.3. The van der Waals surface area contributed by atoms with Crippen LogP contribution in [0.15, 0.2) is 75.0 Å². The molecule has 190 valence electrons. The van der Waals surface area contributed by atoms with E-state index in [4.69, 9.17) is 16.3 Å². The first kappa shape index (κ1) is 26.6. The van der Waals surface area contributed by atoms with Gasteiger partial charge in [-0.25, -0.2) is 4.98 Å². The van der Waals surface area contributed by atoms with Crippen LogP contribution < -0.4 is 15.6 Å². The van der Waals surface area contributed by atoms with Gasteiger partial charge in [-0.3, -0.25) is 9.59 Å². The number of nitrogens with zero attached hydrogens (tertiary/aromatic N) is 3. The quantitative estimate of drug-likeness (QED) is 0.233. The van der Waals surface area contributed by atoms with Crippen molar-refractivity contribution in [1.82, 2.24) is 9.66 Å². The van der Waals surface area contributed by atoms with Gasteiger partial charge in [-0.2, -0.15) is 9.78 Å². The predicted octanol–water partition coefficient (Wildman–Crippen LogP) is 6.36. The molecule has 0 aliphatic carbocycles. The highest BCUT2D eigenvalue weighted by Gasteiger charge is 2.12. The summed E-state index contributed by atoms with van der Waals surface area (Å²) in [7, 11) is 0. The first-order chi connectivity index (χ1) is 17.8. The number of hydrogen-bond acceptors (Lipinski definition) is 5. The Bertz CT molecular complexity index is 1520. The lowest BCUT2D eigenvalue weighted by Gasteiger charge is -2.11. The van der Waals surface area contributed by atoms with E-state index in [0.29, 0.717) is 45.2 Å². The van der Waals surface area contributed by atoms with E-state index in [2.05, 4.69) is 38.3 Å². The summed E-state index contributed by atoms with van der Waals surface area (Å²) >= 11 is 9.64. The average Bonchev–Trinajstić information content (AvgIpc) is 2.88. The highest BCUT2D eigenvalue weighted by atomic mass is 79.9. The van der Waals surface area contributed by atoms with Crippen LogP contribution in [0.4, 0.5) is 5.69 Å². The van der Waals surface area contributed by atoms with Gasteiger partial charge in [0.1, 0.15) is 11.6 Å². The number of rotatable bonds is 9. The molecule has 0 aliphatic heterocycles. The van der Waals surface area contributed by atoms with Gasteiger partial charge in [0, 0.05) is 27.2 Å². The monoisotopic (exact) mass is 580 g/mol. The Hall–Kier alpha value is -3.49. The average molecular weight is 582 g/mol. The number of carbonyl (C=O) groups is 1. The summed E-state index contributed by atoms with van der Waals surface area (Å²) in [4.78, 5) is 30.4. The molecule has 0 bridgehead atoms. The minimum atomic E-state index is -0.302. The van der Waals surface area contributed by atoms with Crippen molar-refractivity contribution in [3.05, 3.63) is 97.5 Å². The molecule has 1 N–H and O–H groups in total. The number of benzene rings is 3. The van der Waals surface area contributed by atoms with Crippen LogP contribution in [-0.4, -0.2) is 28.4 Å². The lowest BCUT2D eigenvalue weighted by Crippen LogP contribution is -2.23. The van der Waals surface area contributed by atoms with E-state index < -0.39 is 0 Å². The van der Waals surface area contributed by atoms with E-state index >= 15 is 0 Å². The third-order valence-electron chi connectivity index (χ3n) is 5.61. The topological polar surface area (TPSA) is 85.6 Å². The maximum Gasteiger partial charge on any atom is 0.282 e. The highest BCUT2D eigenvalue weighted by molar-refractivity contribution is 9.10. The van der Waals surface area contributed by atoms with E-state index in [1.165, 1.54) is 10.9 Å². The number of halogens is 2. The van der Waals surface area contributed by atoms with Crippen molar-refractivity contribution in [1.29, 1.82) is 0 Å². The molecule has 37 heavy (non-hydrogen) atoms. The summed E-state index contributed by atoms with van der Waals surface area (Å²) < 4.78 is 7.88. The molecule has 1 amide bonds. The van der Waals surface area contributed by atoms with Gasteiger partial charge in [0.15, 0.2) is 6.61 Å². The maximum absolute atomic E-state index is 13.3. The predicted molar refractivity (Wildman–Crippen MR) is 152 cm³/mol. The molecule has 0 saturated heterocycles. The van der Waals surface area contributed by atoms with Gasteiger partial charge in [0.05, 0.1) is 17.1 Å². The Morgan fingerprint density at radius 3 is 2.70 bits per heavy atom. The fourth-order valence-corrected chi connectivity index (χ4v) is 4.20. The number of unbranched alkanes of at least 4 members (excludes halogenated alkanes) is 1. The molecule has 0 radical (unpaired) electrons. The molecule has 9 heteroatoms. The molecule has 0 saturated carbocycles. The van der Waals surface area contributed by atoms with Crippen LogP contribution in [0.3, 0.4) is 0 Å². The Morgan fingerprint density at radius 1 is 1.16 bits per heavy atom. The first-order valence-corrected chi connectivity index (χ1v) is 13.1. The Morgan fingerprint density at radius 2 is 1.95 bits per heavy atom. The van der Waals surface area contributed by atoms with Crippen LogP contribution in [0.2, 0.25) is 5.02 Å². The third-order valence-corrected chi connectivity index (χ3v) is 6.34. The smallest absolute Gasteiger partial charge is 0.282 e. The molecule has 0 atom stereocenters. The van der Waals surface area contributed by atoms with Crippen molar-refractivity contribution in [3.8, 4) is 5.75 Å². The number of fused-ring (bicyclic) bond motifs is 1. The van der Waals surface area contributed by atoms with Crippen molar-refractivity contribution < 1.29 is 9.53 Å². The van der Waals surface area contributed by atoms with E-state index in [1.54, 1.807) is 24.3 Å². The van der Waals surface area contributed by atoms with Gasteiger partial charge < -0.3 is 10.1 Å². The van der Waals surface area contributed by atoms with Crippen molar-refractivity contribution in [3.63, 3.8) is 0 Å². The summed E-state index contributed by atoms with van der Waals surface area (Å²) in [5.41, 5.74) is 2.67. The summed E-state index contributed by atoms with van der Waals surface area (Å²) in [6.07, 6.45) is 3.93. The number of anilines is 1. The van der Waals surface area contributed by atoms with Gasteiger partial charge in [0.2, 0.25) is 0 Å². The van der Waals surface area contributed by atoms with Gasteiger partial charge in [-0.15, -0.1) is 0 Å². The number of amides is 1. The fourth-order valence-electron chi connectivity index (χ4n) is 3.66. The molecule has 0 spiro atoms. The third kappa shape index (κ3) is 6.84. The first-order valence-electron chi connectivity index (χ1n) is 11.9.